The molecule has 0 saturated carbocycles. The van der Waals surface area contributed by atoms with Crippen LogP contribution in [0.25, 0.3) is 0 Å². The fourth-order valence-corrected chi connectivity index (χ4v) is 2.14. The van der Waals surface area contributed by atoms with Gasteiger partial charge in [-0.05, 0) is 31.2 Å². The van der Waals surface area contributed by atoms with Gasteiger partial charge in [0.05, 0.1) is 12.2 Å². The van der Waals surface area contributed by atoms with E-state index in [-0.39, 0.29) is 23.8 Å². The minimum Gasteiger partial charge on any atom is -0.399 e. The number of ether oxygens (including phenoxy) is 1. The number of nitrogens with two attached hydrogens (primary N) is 1. The fraction of sp³-hybridized carbons (Fsp3) is 0.571. The Balaban J connectivity index is 3.01. The van der Waals surface area contributed by atoms with E-state index in [0.717, 1.165) is 6.07 Å². The Morgan fingerprint density at radius 1 is 1.35 bits per heavy atom. The van der Waals surface area contributed by atoms with Crippen LogP contribution in [0.3, 0.4) is 0 Å². The van der Waals surface area contributed by atoms with Gasteiger partial charge in [-0.25, -0.2) is 0 Å². The summed E-state index contributed by atoms with van der Waals surface area (Å²) < 4.78 is 44.2. The van der Waals surface area contributed by atoms with E-state index in [1.54, 1.807) is 7.11 Å². The quantitative estimate of drug-likeness (QED) is 0.818. The fourth-order valence-electron chi connectivity index (χ4n) is 2.14. The third kappa shape index (κ3) is 4.38. The van der Waals surface area contributed by atoms with Gasteiger partial charge in [0, 0.05) is 25.4 Å². The van der Waals surface area contributed by atoms with Gasteiger partial charge in [0.1, 0.15) is 0 Å². The molecule has 20 heavy (non-hydrogen) atoms. The minimum atomic E-state index is -4.39. The highest BCUT2D eigenvalue weighted by Gasteiger charge is 2.34. The molecule has 0 aliphatic rings. The zero-order valence-electron chi connectivity index (χ0n) is 12.0. The molecule has 0 radical (unpaired) electrons. The Kier molecular flexibility index (Phi) is 5.83. The number of likely N-dealkylation sites (N-methyl/N-ethyl adjacent to an activating group) is 1. The van der Waals surface area contributed by atoms with Gasteiger partial charge in [-0.1, -0.05) is 13.0 Å². The zero-order chi connectivity index (χ0) is 15.3. The molecule has 1 unspecified atom stereocenters. The predicted octanol–water partition coefficient (Wildman–Crippen LogP) is 3.14. The molecule has 0 aliphatic heterocycles. The number of methoxy groups -OCH3 is 1. The molecular formula is C14H21F3N2O. The SMILES string of the molecule is CCN(Cc1ccc(N)cc1C(F)(F)F)C(C)COC. The molecule has 1 atom stereocenters. The van der Waals surface area contributed by atoms with Crippen LogP contribution in [0.15, 0.2) is 18.2 Å². The van der Waals surface area contributed by atoms with Crippen molar-refractivity contribution in [2.45, 2.75) is 32.6 Å². The van der Waals surface area contributed by atoms with Gasteiger partial charge in [0.15, 0.2) is 0 Å². The van der Waals surface area contributed by atoms with Crippen molar-refractivity contribution in [2.75, 3.05) is 26.0 Å². The van der Waals surface area contributed by atoms with Gasteiger partial charge < -0.3 is 10.5 Å². The normalized spacial score (nSPS) is 13.8. The molecule has 0 heterocycles. The molecule has 0 spiro atoms. The Labute approximate surface area is 117 Å². The number of alkyl halides is 3. The van der Waals surface area contributed by atoms with Crippen LogP contribution in [0.2, 0.25) is 0 Å². The summed E-state index contributed by atoms with van der Waals surface area (Å²) >= 11 is 0. The van der Waals surface area contributed by atoms with Crippen molar-refractivity contribution in [1.29, 1.82) is 0 Å². The van der Waals surface area contributed by atoms with Gasteiger partial charge in [0.25, 0.3) is 0 Å². The zero-order valence-corrected chi connectivity index (χ0v) is 12.0. The van der Waals surface area contributed by atoms with Crippen LogP contribution in [-0.2, 0) is 17.5 Å². The number of benzene rings is 1. The van der Waals surface area contributed by atoms with Gasteiger partial charge in [-0.3, -0.25) is 4.90 Å². The first-order valence-corrected chi connectivity index (χ1v) is 6.48. The van der Waals surface area contributed by atoms with Crippen molar-refractivity contribution >= 4 is 5.69 Å². The first-order valence-electron chi connectivity index (χ1n) is 6.48. The number of nitrogen functional groups attached to an aromatic ring is 1. The molecule has 1 aromatic rings. The second kappa shape index (κ2) is 6.95. The summed E-state index contributed by atoms with van der Waals surface area (Å²) in [7, 11) is 1.58. The predicted molar refractivity (Wildman–Crippen MR) is 73.3 cm³/mol. The second-order valence-corrected chi connectivity index (χ2v) is 4.78. The lowest BCUT2D eigenvalue weighted by Gasteiger charge is -2.28. The lowest BCUT2D eigenvalue weighted by molar-refractivity contribution is -0.138. The molecule has 1 aromatic carbocycles. The highest BCUT2D eigenvalue weighted by atomic mass is 19.4. The summed E-state index contributed by atoms with van der Waals surface area (Å²) in [6, 6.07) is 3.98. The van der Waals surface area contributed by atoms with Gasteiger partial charge >= 0.3 is 6.18 Å². The Morgan fingerprint density at radius 3 is 2.50 bits per heavy atom. The standard InChI is InChI=1S/C14H21F3N2O/c1-4-19(10(2)9-20-3)8-11-5-6-12(18)7-13(11)14(15,16)17/h5-7,10H,4,8-9,18H2,1-3H3. The number of rotatable bonds is 6. The monoisotopic (exact) mass is 290 g/mol. The number of anilines is 1. The molecule has 0 fully saturated rings. The van der Waals surface area contributed by atoms with E-state index in [0.29, 0.717) is 13.2 Å². The lowest BCUT2D eigenvalue weighted by Crippen LogP contribution is -2.36. The summed E-state index contributed by atoms with van der Waals surface area (Å²) in [5.41, 5.74) is 5.15. The van der Waals surface area contributed by atoms with Crippen LogP contribution in [0.1, 0.15) is 25.0 Å². The third-order valence-corrected chi connectivity index (χ3v) is 3.25. The first-order chi connectivity index (χ1) is 9.29. The minimum absolute atomic E-state index is 0.0450. The highest BCUT2D eigenvalue weighted by Crippen LogP contribution is 2.34. The summed E-state index contributed by atoms with van der Waals surface area (Å²) in [5.74, 6) is 0. The largest absolute Gasteiger partial charge is 0.416 e. The van der Waals surface area contributed by atoms with E-state index in [1.807, 2.05) is 18.7 Å². The maximum absolute atomic E-state index is 13.0. The van der Waals surface area contributed by atoms with Gasteiger partial charge in [-0.2, -0.15) is 13.2 Å². The molecule has 2 N–H and O–H groups in total. The Hall–Kier alpha value is -1.27. The average Bonchev–Trinajstić information content (AvgIpc) is 2.36. The van der Waals surface area contributed by atoms with Crippen LogP contribution in [-0.4, -0.2) is 31.2 Å². The van der Waals surface area contributed by atoms with Crippen LogP contribution < -0.4 is 5.73 Å². The molecule has 114 valence electrons. The van der Waals surface area contributed by atoms with Crippen LogP contribution in [0.5, 0.6) is 0 Å². The third-order valence-electron chi connectivity index (χ3n) is 3.25. The number of hydrogen-bond acceptors (Lipinski definition) is 3. The number of hydrogen-bond donors (Lipinski definition) is 1. The highest BCUT2D eigenvalue weighted by molar-refractivity contribution is 5.46. The average molecular weight is 290 g/mol. The summed E-state index contributed by atoms with van der Waals surface area (Å²) in [4.78, 5) is 1.93. The summed E-state index contributed by atoms with van der Waals surface area (Å²) in [5, 5.41) is 0. The molecule has 0 saturated heterocycles. The summed E-state index contributed by atoms with van der Waals surface area (Å²) in [6.07, 6.45) is -4.39. The smallest absolute Gasteiger partial charge is 0.399 e. The van der Waals surface area contributed by atoms with Gasteiger partial charge in [0.2, 0.25) is 0 Å². The van der Waals surface area contributed by atoms with E-state index < -0.39 is 11.7 Å². The van der Waals surface area contributed by atoms with Gasteiger partial charge in [-0.15, -0.1) is 0 Å². The molecule has 6 heteroatoms. The molecule has 1 rings (SSSR count). The van der Waals surface area contributed by atoms with Crippen LogP contribution in [0, 0.1) is 0 Å². The molecule has 0 bridgehead atoms. The number of nitrogens with zero attached hydrogens (tertiary/aromatic N) is 1. The Bertz CT molecular complexity index is 435. The Morgan fingerprint density at radius 2 is 2.00 bits per heavy atom. The van der Waals surface area contributed by atoms with Crippen molar-refractivity contribution in [1.82, 2.24) is 4.90 Å². The van der Waals surface area contributed by atoms with Crippen LogP contribution >= 0.6 is 0 Å². The van der Waals surface area contributed by atoms with Crippen molar-refractivity contribution in [3.8, 4) is 0 Å². The van der Waals surface area contributed by atoms with E-state index >= 15 is 0 Å². The molecular weight excluding hydrogens is 269 g/mol. The van der Waals surface area contributed by atoms with Crippen molar-refractivity contribution < 1.29 is 17.9 Å². The van der Waals surface area contributed by atoms with E-state index in [2.05, 4.69) is 0 Å². The first kappa shape index (κ1) is 16.8. The topological polar surface area (TPSA) is 38.5 Å². The number of halogens is 3. The van der Waals surface area contributed by atoms with Crippen molar-refractivity contribution in [3.05, 3.63) is 29.3 Å². The maximum atomic E-state index is 13.0. The van der Waals surface area contributed by atoms with Crippen LogP contribution in [0.4, 0.5) is 18.9 Å². The summed E-state index contributed by atoms with van der Waals surface area (Å²) in [6.45, 7) is 5.18. The van der Waals surface area contributed by atoms with Crippen molar-refractivity contribution in [2.24, 2.45) is 0 Å². The van der Waals surface area contributed by atoms with E-state index in [9.17, 15) is 13.2 Å². The second-order valence-electron chi connectivity index (χ2n) is 4.78. The maximum Gasteiger partial charge on any atom is 0.416 e. The lowest BCUT2D eigenvalue weighted by atomic mass is 10.0. The van der Waals surface area contributed by atoms with E-state index in [1.165, 1.54) is 12.1 Å². The van der Waals surface area contributed by atoms with E-state index in [4.69, 9.17) is 10.5 Å². The molecule has 0 amide bonds. The molecule has 3 nitrogen and oxygen atoms in total. The molecule has 0 aromatic heterocycles. The van der Waals surface area contributed by atoms with Crippen molar-refractivity contribution in [3.63, 3.8) is 0 Å². The molecule has 0 aliphatic carbocycles.